The summed E-state index contributed by atoms with van der Waals surface area (Å²) in [6, 6.07) is 16.8. The van der Waals surface area contributed by atoms with Gasteiger partial charge in [0.2, 0.25) is 17.6 Å². The normalized spacial score (nSPS) is 14.9. The molecule has 0 saturated carbocycles. The van der Waals surface area contributed by atoms with E-state index in [9.17, 15) is 4.79 Å². The summed E-state index contributed by atoms with van der Waals surface area (Å²) in [5.41, 5.74) is 4.80. The van der Waals surface area contributed by atoms with E-state index in [0.29, 0.717) is 18.3 Å². The number of nitrogens with zero attached hydrogens (tertiary/aromatic N) is 3. The van der Waals surface area contributed by atoms with Crippen molar-refractivity contribution in [1.29, 1.82) is 0 Å². The zero-order valence-corrected chi connectivity index (χ0v) is 20.9. The standard InChI is InChI=1S/C27H34N4O2S/c1-20-7-9-22(10-8-20)19-34-16-4-13-28-27(32)23-11-14-31(15-12-23)18-25-29-26(30-33-25)24-6-3-5-21(2)17-24/h3,5-10,17,23H,4,11-16,18-19H2,1-2H3,(H,28,32). The van der Waals surface area contributed by atoms with Crippen LogP contribution in [0.1, 0.15) is 41.8 Å². The third-order valence-corrected chi connectivity index (χ3v) is 7.33. The molecule has 2 aromatic carbocycles. The summed E-state index contributed by atoms with van der Waals surface area (Å²) in [7, 11) is 0. The van der Waals surface area contributed by atoms with Gasteiger partial charge in [0, 0.05) is 23.8 Å². The van der Waals surface area contributed by atoms with Gasteiger partial charge >= 0.3 is 0 Å². The Balaban J connectivity index is 1.11. The minimum Gasteiger partial charge on any atom is -0.356 e. The lowest BCUT2D eigenvalue weighted by molar-refractivity contribution is -0.126. The van der Waals surface area contributed by atoms with Crippen LogP contribution in [0.25, 0.3) is 11.4 Å². The molecule has 6 nitrogen and oxygen atoms in total. The van der Waals surface area contributed by atoms with Crippen LogP contribution in [0.5, 0.6) is 0 Å². The van der Waals surface area contributed by atoms with E-state index in [4.69, 9.17) is 4.52 Å². The van der Waals surface area contributed by atoms with Crippen LogP contribution in [0.3, 0.4) is 0 Å². The lowest BCUT2D eigenvalue weighted by Crippen LogP contribution is -2.40. The van der Waals surface area contributed by atoms with Gasteiger partial charge in [-0.15, -0.1) is 0 Å². The van der Waals surface area contributed by atoms with E-state index in [1.807, 2.05) is 23.9 Å². The number of hydrogen-bond acceptors (Lipinski definition) is 6. The van der Waals surface area contributed by atoms with Crippen molar-refractivity contribution in [2.75, 3.05) is 25.4 Å². The largest absolute Gasteiger partial charge is 0.356 e. The van der Waals surface area contributed by atoms with Gasteiger partial charge < -0.3 is 9.84 Å². The number of carbonyl (C=O) groups excluding carboxylic acids is 1. The van der Waals surface area contributed by atoms with E-state index >= 15 is 0 Å². The molecule has 4 rings (SSSR count). The lowest BCUT2D eigenvalue weighted by atomic mass is 9.96. The third-order valence-electron chi connectivity index (χ3n) is 6.22. The summed E-state index contributed by atoms with van der Waals surface area (Å²) in [6.07, 6.45) is 2.74. The molecule has 180 valence electrons. The fourth-order valence-corrected chi connectivity index (χ4v) is 5.09. The molecule has 1 amide bonds. The van der Waals surface area contributed by atoms with Crippen molar-refractivity contribution in [3.63, 3.8) is 0 Å². The summed E-state index contributed by atoms with van der Waals surface area (Å²) < 4.78 is 5.47. The molecule has 1 aromatic heterocycles. The van der Waals surface area contributed by atoms with Gasteiger partial charge in [-0.05, 0) is 63.6 Å². The number of carbonyl (C=O) groups is 1. The van der Waals surface area contributed by atoms with E-state index < -0.39 is 0 Å². The maximum absolute atomic E-state index is 12.6. The van der Waals surface area contributed by atoms with E-state index in [2.05, 4.69) is 70.6 Å². The van der Waals surface area contributed by atoms with Crippen molar-refractivity contribution in [3.05, 3.63) is 71.1 Å². The van der Waals surface area contributed by atoms with E-state index in [1.165, 1.54) is 16.7 Å². The number of nitrogens with one attached hydrogen (secondary N) is 1. The molecule has 7 heteroatoms. The summed E-state index contributed by atoms with van der Waals surface area (Å²) in [5.74, 6) is 3.64. The number of benzene rings is 2. The van der Waals surface area contributed by atoms with Crippen LogP contribution in [-0.4, -0.2) is 46.3 Å². The maximum Gasteiger partial charge on any atom is 0.241 e. The van der Waals surface area contributed by atoms with Crippen LogP contribution in [0.2, 0.25) is 0 Å². The van der Waals surface area contributed by atoms with Crippen LogP contribution in [-0.2, 0) is 17.1 Å². The number of aryl methyl sites for hydroxylation is 2. The van der Waals surface area contributed by atoms with Gasteiger partial charge in [0.25, 0.3) is 0 Å². The van der Waals surface area contributed by atoms with Gasteiger partial charge in [-0.1, -0.05) is 58.7 Å². The Morgan fingerprint density at radius 1 is 1.12 bits per heavy atom. The lowest BCUT2D eigenvalue weighted by Gasteiger charge is -2.30. The third kappa shape index (κ3) is 7.18. The number of likely N-dealkylation sites (tertiary alicyclic amines) is 1. The Bertz CT molecular complexity index is 1060. The van der Waals surface area contributed by atoms with Gasteiger partial charge in [-0.2, -0.15) is 16.7 Å². The van der Waals surface area contributed by atoms with Gasteiger partial charge in [0.1, 0.15) is 0 Å². The molecule has 1 aliphatic heterocycles. The summed E-state index contributed by atoms with van der Waals surface area (Å²) in [6.45, 7) is 7.28. The van der Waals surface area contributed by atoms with Gasteiger partial charge in [0.15, 0.2) is 0 Å². The highest BCUT2D eigenvalue weighted by molar-refractivity contribution is 7.98. The van der Waals surface area contributed by atoms with Crippen molar-refractivity contribution in [1.82, 2.24) is 20.4 Å². The van der Waals surface area contributed by atoms with Crippen LogP contribution in [0.15, 0.2) is 53.1 Å². The molecule has 1 N–H and O–H groups in total. The predicted molar refractivity (Wildman–Crippen MR) is 137 cm³/mol. The molecule has 1 saturated heterocycles. The zero-order valence-electron chi connectivity index (χ0n) is 20.1. The monoisotopic (exact) mass is 478 g/mol. The van der Waals surface area contributed by atoms with Crippen molar-refractivity contribution in [2.24, 2.45) is 5.92 Å². The van der Waals surface area contributed by atoms with Gasteiger partial charge in [-0.25, -0.2) is 0 Å². The van der Waals surface area contributed by atoms with Crippen molar-refractivity contribution >= 4 is 17.7 Å². The second kappa shape index (κ2) is 12.2. The molecule has 0 unspecified atom stereocenters. The highest BCUT2D eigenvalue weighted by Gasteiger charge is 2.25. The van der Waals surface area contributed by atoms with Crippen LogP contribution >= 0.6 is 11.8 Å². The first-order valence-electron chi connectivity index (χ1n) is 12.1. The molecule has 0 atom stereocenters. The fourth-order valence-electron chi connectivity index (χ4n) is 4.17. The highest BCUT2D eigenvalue weighted by Crippen LogP contribution is 2.21. The van der Waals surface area contributed by atoms with Gasteiger partial charge in [-0.3, -0.25) is 9.69 Å². The van der Waals surface area contributed by atoms with Crippen molar-refractivity contribution in [3.8, 4) is 11.4 Å². The average molecular weight is 479 g/mol. The second-order valence-electron chi connectivity index (χ2n) is 9.11. The number of hydrogen-bond donors (Lipinski definition) is 1. The molecular formula is C27H34N4O2S. The summed E-state index contributed by atoms with van der Waals surface area (Å²) in [4.78, 5) is 19.4. The smallest absolute Gasteiger partial charge is 0.241 e. The van der Waals surface area contributed by atoms with Crippen LogP contribution in [0, 0.1) is 19.8 Å². The molecule has 34 heavy (non-hydrogen) atoms. The average Bonchev–Trinajstić information content (AvgIpc) is 3.31. The topological polar surface area (TPSA) is 71.3 Å². The first kappa shape index (κ1) is 24.5. The highest BCUT2D eigenvalue weighted by atomic mass is 32.2. The summed E-state index contributed by atoms with van der Waals surface area (Å²) >= 11 is 1.92. The SMILES string of the molecule is Cc1ccc(CSCCCNC(=O)C2CCN(Cc3nc(-c4cccc(C)c4)no3)CC2)cc1. The Kier molecular flexibility index (Phi) is 8.77. The number of amides is 1. The Morgan fingerprint density at radius 2 is 1.91 bits per heavy atom. The number of piperidine rings is 1. The quantitative estimate of drug-likeness (QED) is 0.413. The van der Waals surface area contributed by atoms with Crippen LogP contribution in [0.4, 0.5) is 0 Å². The van der Waals surface area contributed by atoms with Crippen LogP contribution < -0.4 is 5.32 Å². The molecule has 1 fully saturated rings. The second-order valence-corrected chi connectivity index (χ2v) is 10.2. The first-order valence-corrected chi connectivity index (χ1v) is 13.3. The van der Waals surface area contributed by atoms with Gasteiger partial charge in [0.05, 0.1) is 6.54 Å². The summed E-state index contributed by atoms with van der Waals surface area (Å²) in [5, 5.41) is 7.27. The molecule has 0 aliphatic carbocycles. The molecule has 2 heterocycles. The Labute approximate surface area is 206 Å². The number of aromatic nitrogens is 2. The van der Waals surface area contributed by atoms with Crippen molar-refractivity contribution < 1.29 is 9.32 Å². The molecule has 3 aromatic rings. The molecular weight excluding hydrogens is 444 g/mol. The van der Waals surface area contributed by atoms with E-state index in [0.717, 1.165) is 56.0 Å². The number of thioether (sulfide) groups is 1. The predicted octanol–water partition coefficient (Wildman–Crippen LogP) is 5.01. The molecule has 0 spiro atoms. The maximum atomic E-state index is 12.6. The molecule has 0 bridgehead atoms. The minimum absolute atomic E-state index is 0.0991. The fraction of sp³-hybridized carbons (Fsp3) is 0.444. The van der Waals surface area contributed by atoms with E-state index in [-0.39, 0.29) is 11.8 Å². The molecule has 0 radical (unpaired) electrons. The Morgan fingerprint density at radius 3 is 2.68 bits per heavy atom. The Hall–Kier alpha value is -2.64. The van der Waals surface area contributed by atoms with E-state index in [1.54, 1.807) is 0 Å². The zero-order chi connectivity index (χ0) is 23.8. The molecule has 1 aliphatic rings. The van der Waals surface area contributed by atoms with Crippen molar-refractivity contribution in [2.45, 2.75) is 45.4 Å². The number of rotatable bonds is 10. The minimum atomic E-state index is 0.0991. The first-order chi connectivity index (χ1) is 16.6.